The van der Waals surface area contributed by atoms with Crippen molar-refractivity contribution < 1.29 is 0 Å². The molecule has 0 bridgehead atoms. The number of anilines is 1. The minimum absolute atomic E-state index is 0.694. The van der Waals surface area contributed by atoms with E-state index in [-0.39, 0.29) is 0 Å². The second-order valence-electron chi connectivity index (χ2n) is 4.93. The first-order chi connectivity index (χ1) is 9.65. The van der Waals surface area contributed by atoms with Crippen LogP contribution in [0.15, 0.2) is 47.2 Å². The van der Waals surface area contributed by atoms with Crippen LogP contribution in [0.4, 0.5) is 5.69 Å². The maximum absolute atomic E-state index is 4.56. The number of hydrogen-bond donors (Lipinski definition) is 1. The van der Waals surface area contributed by atoms with Crippen LogP contribution in [-0.4, -0.2) is 9.38 Å². The quantitative estimate of drug-likeness (QED) is 0.775. The molecular weight excluding hydrogens is 314 g/mol. The van der Waals surface area contributed by atoms with Gasteiger partial charge in [0.05, 0.1) is 12.1 Å². The number of aryl methyl sites for hydroxylation is 2. The molecule has 0 saturated carbocycles. The zero-order valence-electron chi connectivity index (χ0n) is 11.5. The maximum Gasteiger partial charge on any atom is 0.134 e. The van der Waals surface area contributed by atoms with Gasteiger partial charge in [0.25, 0.3) is 0 Å². The summed E-state index contributed by atoms with van der Waals surface area (Å²) in [6.45, 7) is 4.94. The molecule has 3 rings (SSSR count). The molecule has 0 radical (unpaired) electrons. The monoisotopic (exact) mass is 329 g/mol. The summed E-state index contributed by atoms with van der Waals surface area (Å²) in [7, 11) is 0. The Morgan fingerprint density at radius 2 is 2.00 bits per heavy atom. The standard InChI is InChI=1S/C16H16BrN3/c1-11-6-7-13(9-12(11)2)18-10-15-19-16(17)14-5-3-4-8-20(14)15/h3-9,18H,10H2,1-2H3. The van der Waals surface area contributed by atoms with Gasteiger partial charge in [-0.1, -0.05) is 12.1 Å². The summed E-state index contributed by atoms with van der Waals surface area (Å²) in [5.74, 6) is 0.991. The Hall–Kier alpha value is -1.81. The molecule has 0 unspecified atom stereocenters. The molecule has 0 saturated heterocycles. The SMILES string of the molecule is Cc1ccc(NCc2nc(Br)c3ccccn23)cc1C. The molecule has 20 heavy (non-hydrogen) atoms. The van der Waals surface area contributed by atoms with Crippen molar-refractivity contribution in [2.24, 2.45) is 0 Å². The van der Waals surface area contributed by atoms with E-state index in [0.717, 1.165) is 21.6 Å². The molecule has 0 aliphatic rings. The number of rotatable bonds is 3. The van der Waals surface area contributed by atoms with Gasteiger partial charge in [-0.25, -0.2) is 4.98 Å². The van der Waals surface area contributed by atoms with Crippen molar-refractivity contribution >= 4 is 27.1 Å². The Balaban J connectivity index is 1.85. The summed E-state index contributed by atoms with van der Waals surface area (Å²) in [4.78, 5) is 4.56. The molecule has 1 N–H and O–H groups in total. The van der Waals surface area contributed by atoms with Crippen LogP contribution in [0.5, 0.6) is 0 Å². The molecule has 3 nitrogen and oxygen atoms in total. The lowest BCUT2D eigenvalue weighted by molar-refractivity contribution is 0.940. The summed E-state index contributed by atoms with van der Waals surface area (Å²) in [6.07, 6.45) is 2.03. The predicted molar refractivity (Wildman–Crippen MR) is 86.1 cm³/mol. The lowest BCUT2D eigenvalue weighted by atomic mass is 10.1. The van der Waals surface area contributed by atoms with Crippen molar-refractivity contribution in [3.63, 3.8) is 0 Å². The minimum Gasteiger partial charge on any atom is -0.378 e. The van der Waals surface area contributed by atoms with E-state index >= 15 is 0 Å². The molecule has 0 fully saturated rings. The molecule has 0 amide bonds. The number of hydrogen-bond acceptors (Lipinski definition) is 2. The van der Waals surface area contributed by atoms with Gasteiger partial charge in [0.15, 0.2) is 0 Å². The number of halogens is 1. The number of imidazole rings is 1. The number of fused-ring (bicyclic) bond motifs is 1. The molecule has 0 spiro atoms. The molecular formula is C16H16BrN3. The molecule has 2 heterocycles. The van der Waals surface area contributed by atoms with Gasteiger partial charge in [0.2, 0.25) is 0 Å². The topological polar surface area (TPSA) is 29.3 Å². The number of aromatic nitrogens is 2. The average Bonchev–Trinajstić information content (AvgIpc) is 2.78. The number of pyridine rings is 1. The smallest absolute Gasteiger partial charge is 0.134 e. The van der Waals surface area contributed by atoms with Gasteiger partial charge >= 0.3 is 0 Å². The Morgan fingerprint density at radius 3 is 2.80 bits per heavy atom. The first-order valence-corrected chi connectivity index (χ1v) is 7.37. The lowest BCUT2D eigenvalue weighted by Crippen LogP contribution is -2.04. The van der Waals surface area contributed by atoms with E-state index < -0.39 is 0 Å². The Morgan fingerprint density at radius 1 is 1.15 bits per heavy atom. The molecule has 102 valence electrons. The van der Waals surface area contributed by atoms with Gasteiger partial charge in [-0.05, 0) is 65.2 Å². The Labute approximate surface area is 126 Å². The molecule has 3 aromatic rings. The van der Waals surface area contributed by atoms with Gasteiger partial charge in [-0.15, -0.1) is 0 Å². The van der Waals surface area contributed by atoms with Gasteiger partial charge in [0.1, 0.15) is 10.4 Å². The summed E-state index contributed by atoms with van der Waals surface area (Å²) in [5.41, 5.74) is 4.81. The van der Waals surface area contributed by atoms with Crippen LogP contribution in [0.3, 0.4) is 0 Å². The van der Waals surface area contributed by atoms with Crippen LogP contribution in [0.25, 0.3) is 5.52 Å². The third kappa shape index (κ3) is 2.43. The molecule has 1 aromatic carbocycles. The third-order valence-electron chi connectivity index (χ3n) is 3.53. The van der Waals surface area contributed by atoms with Crippen LogP contribution >= 0.6 is 15.9 Å². The highest BCUT2D eigenvalue weighted by atomic mass is 79.9. The van der Waals surface area contributed by atoms with E-state index in [2.05, 4.69) is 68.7 Å². The molecule has 4 heteroatoms. The van der Waals surface area contributed by atoms with Crippen LogP contribution in [0.2, 0.25) is 0 Å². The van der Waals surface area contributed by atoms with Crippen molar-refractivity contribution in [2.75, 3.05) is 5.32 Å². The Kier molecular flexibility index (Phi) is 3.49. The summed E-state index contributed by atoms with van der Waals surface area (Å²) in [5, 5.41) is 3.43. The van der Waals surface area contributed by atoms with Gasteiger partial charge in [0, 0.05) is 11.9 Å². The summed E-state index contributed by atoms with van der Waals surface area (Å²) in [6, 6.07) is 12.5. The lowest BCUT2D eigenvalue weighted by Gasteiger charge is -2.08. The normalized spacial score (nSPS) is 10.9. The van der Waals surface area contributed by atoms with Crippen LogP contribution in [0.1, 0.15) is 17.0 Å². The van der Waals surface area contributed by atoms with Crippen molar-refractivity contribution in [1.82, 2.24) is 9.38 Å². The van der Waals surface area contributed by atoms with E-state index in [1.165, 1.54) is 11.1 Å². The average molecular weight is 330 g/mol. The van der Waals surface area contributed by atoms with Gasteiger partial charge in [-0.3, -0.25) is 0 Å². The first kappa shape index (κ1) is 13.2. The highest BCUT2D eigenvalue weighted by Crippen LogP contribution is 2.20. The van der Waals surface area contributed by atoms with Gasteiger partial charge < -0.3 is 9.72 Å². The van der Waals surface area contributed by atoms with Crippen molar-refractivity contribution in [3.05, 3.63) is 64.1 Å². The predicted octanol–water partition coefficient (Wildman–Crippen LogP) is 4.33. The van der Waals surface area contributed by atoms with E-state index in [9.17, 15) is 0 Å². The van der Waals surface area contributed by atoms with Crippen LogP contribution < -0.4 is 5.32 Å². The molecule has 0 atom stereocenters. The molecule has 0 aliphatic carbocycles. The zero-order valence-corrected chi connectivity index (χ0v) is 13.1. The van der Waals surface area contributed by atoms with Crippen LogP contribution in [-0.2, 0) is 6.54 Å². The van der Waals surface area contributed by atoms with E-state index in [4.69, 9.17) is 0 Å². The first-order valence-electron chi connectivity index (χ1n) is 6.58. The summed E-state index contributed by atoms with van der Waals surface area (Å²) >= 11 is 3.51. The second-order valence-corrected chi connectivity index (χ2v) is 5.68. The fourth-order valence-corrected chi connectivity index (χ4v) is 2.75. The fourth-order valence-electron chi connectivity index (χ4n) is 2.22. The highest BCUT2D eigenvalue weighted by molar-refractivity contribution is 9.10. The molecule has 2 aromatic heterocycles. The van der Waals surface area contributed by atoms with E-state index in [1.54, 1.807) is 0 Å². The van der Waals surface area contributed by atoms with Crippen molar-refractivity contribution in [3.8, 4) is 0 Å². The molecule has 0 aliphatic heterocycles. The summed E-state index contributed by atoms with van der Waals surface area (Å²) < 4.78 is 2.98. The van der Waals surface area contributed by atoms with Crippen LogP contribution in [0, 0.1) is 13.8 Å². The van der Waals surface area contributed by atoms with Crippen molar-refractivity contribution in [2.45, 2.75) is 20.4 Å². The van der Waals surface area contributed by atoms with Crippen molar-refractivity contribution in [1.29, 1.82) is 0 Å². The zero-order chi connectivity index (χ0) is 14.1. The fraction of sp³-hybridized carbons (Fsp3) is 0.188. The second kappa shape index (κ2) is 5.29. The highest BCUT2D eigenvalue weighted by Gasteiger charge is 2.07. The largest absolute Gasteiger partial charge is 0.378 e. The number of benzene rings is 1. The third-order valence-corrected chi connectivity index (χ3v) is 4.12. The van der Waals surface area contributed by atoms with Gasteiger partial charge in [-0.2, -0.15) is 0 Å². The van der Waals surface area contributed by atoms with E-state index in [0.29, 0.717) is 6.54 Å². The maximum atomic E-state index is 4.56. The Bertz CT molecular complexity index is 762. The number of nitrogens with one attached hydrogen (secondary N) is 1. The number of nitrogens with zero attached hydrogens (tertiary/aromatic N) is 2. The van der Waals surface area contributed by atoms with E-state index in [1.807, 2.05) is 18.3 Å². The minimum atomic E-state index is 0.694.